The number of hydrogen-bond donors (Lipinski definition) is 1. The monoisotopic (exact) mass is 290 g/mol. The Labute approximate surface area is 125 Å². The number of carbonyl (C=O) groups excluding carboxylic acids is 1. The standard InChI is InChI=1S/C17H23FN2O/c18-15-3-1-14(2-4-15)12-20(16-5-6-16)17(21)11-13-7-9-19-10-8-13/h1-4,13,16,19H,5-12H2. The third-order valence-electron chi connectivity index (χ3n) is 4.50. The van der Waals surface area contributed by atoms with Gasteiger partial charge in [0.05, 0.1) is 0 Å². The molecule has 1 aliphatic heterocycles. The van der Waals surface area contributed by atoms with Crippen molar-refractivity contribution in [3.05, 3.63) is 35.6 Å². The Kier molecular flexibility index (Phi) is 4.54. The van der Waals surface area contributed by atoms with Crippen molar-refractivity contribution in [1.82, 2.24) is 10.2 Å². The number of halogens is 1. The fourth-order valence-corrected chi connectivity index (χ4v) is 3.04. The van der Waals surface area contributed by atoms with E-state index >= 15 is 0 Å². The fourth-order valence-electron chi connectivity index (χ4n) is 3.04. The zero-order chi connectivity index (χ0) is 14.7. The van der Waals surface area contributed by atoms with E-state index < -0.39 is 0 Å². The summed E-state index contributed by atoms with van der Waals surface area (Å²) in [6.07, 6.45) is 5.08. The Morgan fingerprint density at radius 1 is 1.14 bits per heavy atom. The minimum absolute atomic E-state index is 0.224. The van der Waals surface area contributed by atoms with Crippen molar-refractivity contribution in [2.45, 2.75) is 44.7 Å². The number of piperidine rings is 1. The summed E-state index contributed by atoms with van der Waals surface area (Å²) in [5.41, 5.74) is 1.02. The maximum absolute atomic E-state index is 13.0. The summed E-state index contributed by atoms with van der Waals surface area (Å²) in [5.74, 6) is 0.569. The zero-order valence-electron chi connectivity index (χ0n) is 12.4. The number of amides is 1. The Hall–Kier alpha value is -1.42. The second kappa shape index (κ2) is 6.56. The first-order valence-electron chi connectivity index (χ1n) is 7.97. The minimum atomic E-state index is -0.224. The van der Waals surface area contributed by atoms with Gasteiger partial charge in [-0.15, -0.1) is 0 Å². The smallest absolute Gasteiger partial charge is 0.223 e. The van der Waals surface area contributed by atoms with Crippen molar-refractivity contribution in [2.24, 2.45) is 5.92 Å². The highest BCUT2D eigenvalue weighted by molar-refractivity contribution is 5.77. The van der Waals surface area contributed by atoms with Crippen LogP contribution in [0.5, 0.6) is 0 Å². The lowest BCUT2D eigenvalue weighted by molar-refractivity contribution is -0.133. The molecule has 0 radical (unpaired) electrons. The Morgan fingerprint density at radius 2 is 1.81 bits per heavy atom. The molecule has 0 spiro atoms. The summed E-state index contributed by atoms with van der Waals surface area (Å²) in [6.45, 7) is 2.67. The lowest BCUT2D eigenvalue weighted by Gasteiger charge is -2.27. The SMILES string of the molecule is O=C(CC1CCNCC1)N(Cc1ccc(F)cc1)C1CC1. The van der Waals surface area contributed by atoms with Gasteiger partial charge in [0, 0.05) is 19.0 Å². The highest BCUT2D eigenvalue weighted by atomic mass is 19.1. The first kappa shape index (κ1) is 14.5. The van der Waals surface area contributed by atoms with Crippen molar-refractivity contribution in [1.29, 1.82) is 0 Å². The van der Waals surface area contributed by atoms with Crippen LogP contribution in [0.15, 0.2) is 24.3 Å². The number of nitrogens with zero attached hydrogens (tertiary/aromatic N) is 1. The van der Waals surface area contributed by atoms with Crippen LogP contribution in [0.3, 0.4) is 0 Å². The van der Waals surface area contributed by atoms with Gasteiger partial charge in [0.15, 0.2) is 0 Å². The van der Waals surface area contributed by atoms with Gasteiger partial charge in [-0.05, 0) is 62.4 Å². The number of hydrogen-bond acceptors (Lipinski definition) is 2. The van der Waals surface area contributed by atoms with Crippen LogP contribution in [0, 0.1) is 11.7 Å². The number of nitrogens with one attached hydrogen (secondary N) is 1. The molecule has 1 heterocycles. The number of rotatable bonds is 5. The van der Waals surface area contributed by atoms with Crippen molar-refractivity contribution < 1.29 is 9.18 Å². The topological polar surface area (TPSA) is 32.3 Å². The third-order valence-corrected chi connectivity index (χ3v) is 4.50. The van der Waals surface area contributed by atoms with Gasteiger partial charge in [-0.3, -0.25) is 4.79 Å². The summed E-state index contributed by atoms with van der Waals surface area (Å²) < 4.78 is 13.0. The van der Waals surface area contributed by atoms with E-state index in [2.05, 4.69) is 5.32 Å². The maximum Gasteiger partial charge on any atom is 0.223 e. The van der Waals surface area contributed by atoms with Crippen LogP contribution in [0.2, 0.25) is 0 Å². The van der Waals surface area contributed by atoms with E-state index in [1.807, 2.05) is 4.90 Å². The largest absolute Gasteiger partial charge is 0.335 e. The van der Waals surface area contributed by atoms with Crippen molar-refractivity contribution >= 4 is 5.91 Å². The number of benzene rings is 1. The zero-order valence-corrected chi connectivity index (χ0v) is 12.4. The molecule has 21 heavy (non-hydrogen) atoms. The first-order valence-corrected chi connectivity index (χ1v) is 7.97. The summed E-state index contributed by atoms with van der Waals surface area (Å²) in [6, 6.07) is 6.91. The maximum atomic E-state index is 13.0. The van der Waals surface area contributed by atoms with E-state index in [9.17, 15) is 9.18 Å². The molecular formula is C17H23FN2O. The van der Waals surface area contributed by atoms with Gasteiger partial charge in [0.25, 0.3) is 0 Å². The normalized spacial score (nSPS) is 19.5. The van der Waals surface area contributed by atoms with Crippen LogP contribution in [-0.2, 0) is 11.3 Å². The van der Waals surface area contributed by atoms with Crippen LogP contribution in [0.1, 0.15) is 37.7 Å². The van der Waals surface area contributed by atoms with Gasteiger partial charge in [-0.2, -0.15) is 0 Å². The molecule has 1 aliphatic carbocycles. The second-order valence-corrected chi connectivity index (χ2v) is 6.28. The summed E-state index contributed by atoms with van der Waals surface area (Å²) >= 11 is 0. The highest BCUT2D eigenvalue weighted by Gasteiger charge is 2.33. The lowest BCUT2D eigenvalue weighted by atomic mass is 9.94. The van der Waals surface area contributed by atoms with E-state index in [1.54, 1.807) is 12.1 Å². The molecule has 4 heteroatoms. The van der Waals surface area contributed by atoms with E-state index in [0.29, 0.717) is 24.9 Å². The predicted octanol–water partition coefficient (Wildman–Crippen LogP) is 2.71. The van der Waals surface area contributed by atoms with Gasteiger partial charge in [0.1, 0.15) is 5.82 Å². The molecule has 1 saturated heterocycles. The van der Waals surface area contributed by atoms with E-state index in [4.69, 9.17) is 0 Å². The molecule has 3 rings (SSSR count). The molecule has 0 aromatic heterocycles. The molecule has 1 saturated carbocycles. The van der Waals surface area contributed by atoms with Crippen LogP contribution < -0.4 is 5.32 Å². The lowest BCUT2D eigenvalue weighted by Crippen LogP contribution is -2.36. The van der Waals surface area contributed by atoms with Gasteiger partial charge >= 0.3 is 0 Å². The number of carbonyl (C=O) groups is 1. The summed E-state index contributed by atoms with van der Waals surface area (Å²) in [7, 11) is 0. The van der Waals surface area contributed by atoms with Gasteiger partial charge < -0.3 is 10.2 Å². The molecule has 1 amide bonds. The van der Waals surface area contributed by atoms with Gasteiger partial charge in [-0.1, -0.05) is 12.1 Å². The molecule has 1 aromatic carbocycles. The third kappa shape index (κ3) is 4.03. The molecule has 0 atom stereocenters. The molecule has 1 aromatic rings. The van der Waals surface area contributed by atoms with Crippen molar-refractivity contribution in [3.8, 4) is 0 Å². The minimum Gasteiger partial charge on any atom is -0.335 e. The predicted molar refractivity (Wildman–Crippen MR) is 80.2 cm³/mol. The van der Waals surface area contributed by atoms with Crippen molar-refractivity contribution in [2.75, 3.05) is 13.1 Å². The molecule has 0 bridgehead atoms. The molecule has 3 nitrogen and oxygen atoms in total. The van der Waals surface area contributed by atoms with Crippen LogP contribution >= 0.6 is 0 Å². The first-order chi connectivity index (χ1) is 10.2. The Bertz CT molecular complexity index is 478. The van der Waals surface area contributed by atoms with Crippen LogP contribution in [-0.4, -0.2) is 29.9 Å². The fraction of sp³-hybridized carbons (Fsp3) is 0.588. The van der Waals surface area contributed by atoms with Crippen LogP contribution in [0.25, 0.3) is 0 Å². The van der Waals surface area contributed by atoms with E-state index in [1.165, 1.54) is 12.1 Å². The summed E-state index contributed by atoms with van der Waals surface area (Å²) in [4.78, 5) is 14.6. The highest BCUT2D eigenvalue weighted by Crippen LogP contribution is 2.30. The second-order valence-electron chi connectivity index (χ2n) is 6.28. The van der Waals surface area contributed by atoms with Crippen LogP contribution in [0.4, 0.5) is 4.39 Å². The molecule has 2 aliphatic rings. The molecule has 2 fully saturated rings. The molecule has 114 valence electrons. The van der Waals surface area contributed by atoms with Gasteiger partial charge in [-0.25, -0.2) is 4.39 Å². The quantitative estimate of drug-likeness (QED) is 0.904. The average Bonchev–Trinajstić information content (AvgIpc) is 3.32. The Morgan fingerprint density at radius 3 is 2.43 bits per heavy atom. The van der Waals surface area contributed by atoms with E-state index in [0.717, 1.165) is 44.3 Å². The van der Waals surface area contributed by atoms with Gasteiger partial charge in [0.2, 0.25) is 5.91 Å². The molecule has 0 unspecified atom stereocenters. The van der Waals surface area contributed by atoms with E-state index in [-0.39, 0.29) is 11.7 Å². The average molecular weight is 290 g/mol. The Balaban J connectivity index is 1.60. The summed E-state index contributed by atoms with van der Waals surface area (Å²) in [5, 5.41) is 3.34. The molecular weight excluding hydrogens is 267 g/mol. The molecule has 1 N–H and O–H groups in total. The van der Waals surface area contributed by atoms with Crippen molar-refractivity contribution in [3.63, 3.8) is 0 Å².